The van der Waals surface area contributed by atoms with E-state index < -0.39 is 0 Å². The molecule has 0 radical (unpaired) electrons. The standard InChI is InChI=1S/C20H24N2O2/c1-24-18-9-7-15(8-10-18)17-11-12-22(14-17)20(23)13-19(21)16-5-3-2-4-6-16/h2-10,17,19H,11-14,21H2,1H3/t17-,19+/m0/s1. The summed E-state index contributed by atoms with van der Waals surface area (Å²) in [6, 6.07) is 17.7. The Morgan fingerprint density at radius 2 is 1.92 bits per heavy atom. The number of likely N-dealkylation sites (tertiary alicyclic amines) is 1. The van der Waals surface area contributed by atoms with Crippen molar-refractivity contribution in [1.29, 1.82) is 0 Å². The van der Waals surface area contributed by atoms with Gasteiger partial charge in [0.2, 0.25) is 5.91 Å². The summed E-state index contributed by atoms with van der Waals surface area (Å²) >= 11 is 0. The van der Waals surface area contributed by atoms with Crippen LogP contribution >= 0.6 is 0 Å². The maximum atomic E-state index is 12.5. The van der Waals surface area contributed by atoms with Gasteiger partial charge in [-0.15, -0.1) is 0 Å². The lowest BCUT2D eigenvalue weighted by molar-refractivity contribution is -0.130. The summed E-state index contributed by atoms with van der Waals surface area (Å²) in [4.78, 5) is 14.5. The molecular weight excluding hydrogens is 300 g/mol. The first-order valence-electron chi connectivity index (χ1n) is 8.39. The van der Waals surface area contributed by atoms with Gasteiger partial charge in [0.1, 0.15) is 5.75 Å². The van der Waals surface area contributed by atoms with Crippen molar-refractivity contribution >= 4 is 5.91 Å². The number of amides is 1. The number of benzene rings is 2. The molecule has 3 rings (SSSR count). The van der Waals surface area contributed by atoms with Crippen LogP contribution < -0.4 is 10.5 Å². The zero-order valence-corrected chi connectivity index (χ0v) is 14.0. The van der Waals surface area contributed by atoms with Crippen molar-refractivity contribution in [2.75, 3.05) is 20.2 Å². The molecule has 0 saturated carbocycles. The van der Waals surface area contributed by atoms with Gasteiger partial charge in [-0.25, -0.2) is 0 Å². The maximum absolute atomic E-state index is 12.5. The molecule has 0 aliphatic carbocycles. The third-order valence-electron chi connectivity index (χ3n) is 4.75. The molecule has 0 bridgehead atoms. The van der Waals surface area contributed by atoms with Gasteiger partial charge in [-0.1, -0.05) is 42.5 Å². The summed E-state index contributed by atoms with van der Waals surface area (Å²) in [5.74, 6) is 1.40. The second kappa shape index (κ2) is 7.49. The predicted molar refractivity (Wildman–Crippen MR) is 94.9 cm³/mol. The van der Waals surface area contributed by atoms with Gasteiger partial charge in [0.25, 0.3) is 0 Å². The number of rotatable bonds is 5. The average molecular weight is 324 g/mol. The van der Waals surface area contributed by atoms with E-state index in [1.165, 1.54) is 5.56 Å². The predicted octanol–water partition coefficient (Wildman–Crippen LogP) is 3.10. The van der Waals surface area contributed by atoms with Crippen molar-refractivity contribution in [3.8, 4) is 5.75 Å². The van der Waals surface area contributed by atoms with Crippen molar-refractivity contribution in [3.05, 3.63) is 65.7 Å². The zero-order chi connectivity index (χ0) is 16.9. The van der Waals surface area contributed by atoms with Crippen LogP contribution in [0.25, 0.3) is 0 Å². The van der Waals surface area contributed by atoms with Crippen molar-refractivity contribution in [2.24, 2.45) is 5.73 Å². The van der Waals surface area contributed by atoms with Gasteiger partial charge in [-0.3, -0.25) is 4.79 Å². The molecule has 0 spiro atoms. The Balaban J connectivity index is 1.57. The molecular formula is C20H24N2O2. The van der Waals surface area contributed by atoms with E-state index >= 15 is 0 Å². The highest BCUT2D eigenvalue weighted by atomic mass is 16.5. The van der Waals surface area contributed by atoms with E-state index in [1.54, 1.807) is 7.11 Å². The van der Waals surface area contributed by atoms with E-state index in [0.29, 0.717) is 12.3 Å². The SMILES string of the molecule is COc1ccc([C@H]2CCN(C(=O)C[C@@H](N)c3ccccc3)C2)cc1. The summed E-state index contributed by atoms with van der Waals surface area (Å²) in [6.45, 7) is 1.57. The molecule has 1 fully saturated rings. The number of hydrogen-bond acceptors (Lipinski definition) is 3. The first-order valence-corrected chi connectivity index (χ1v) is 8.39. The summed E-state index contributed by atoms with van der Waals surface area (Å²) < 4.78 is 5.20. The molecule has 1 aliphatic heterocycles. The molecule has 2 N–H and O–H groups in total. The Morgan fingerprint density at radius 3 is 2.58 bits per heavy atom. The summed E-state index contributed by atoms with van der Waals surface area (Å²) in [6.07, 6.45) is 1.36. The second-order valence-electron chi connectivity index (χ2n) is 6.32. The molecule has 2 atom stereocenters. The average Bonchev–Trinajstić information content (AvgIpc) is 3.13. The molecule has 4 nitrogen and oxygen atoms in total. The van der Waals surface area contributed by atoms with E-state index in [4.69, 9.17) is 10.5 Å². The van der Waals surface area contributed by atoms with Gasteiger partial charge in [0.15, 0.2) is 0 Å². The van der Waals surface area contributed by atoms with E-state index in [-0.39, 0.29) is 11.9 Å². The Hall–Kier alpha value is -2.33. The van der Waals surface area contributed by atoms with E-state index in [1.807, 2.05) is 47.4 Å². The van der Waals surface area contributed by atoms with Crippen molar-refractivity contribution in [2.45, 2.75) is 24.8 Å². The molecule has 1 amide bonds. The Bertz CT molecular complexity index is 670. The second-order valence-corrected chi connectivity index (χ2v) is 6.32. The molecule has 126 valence electrons. The van der Waals surface area contributed by atoms with Gasteiger partial charge in [0, 0.05) is 31.5 Å². The van der Waals surface area contributed by atoms with Gasteiger partial charge in [-0.2, -0.15) is 0 Å². The highest BCUT2D eigenvalue weighted by Crippen LogP contribution is 2.29. The van der Waals surface area contributed by atoms with Crippen LogP contribution in [0.5, 0.6) is 5.75 Å². The topological polar surface area (TPSA) is 55.6 Å². The van der Waals surface area contributed by atoms with Gasteiger partial charge in [0.05, 0.1) is 7.11 Å². The van der Waals surface area contributed by atoms with Crippen LogP contribution in [-0.4, -0.2) is 31.0 Å². The van der Waals surface area contributed by atoms with E-state index in [2.05, 4.69) is 12.1 Å². The van der Waals surface area contributed by atoms with Crippen LogP contribution in [0.2, 0.25) is 0 Å². The molecule has 0 aromatic heterocycles. The Kier molecular flexibility index (Phi) is 5.16. The number of ether oxygens (including phenoxy) is 1. The molecule has 1 saturated heterocycles. The lowest BCUT2D eigenvalue weighted by Crippen LogP contribution is -2.31. The van der Waals surface area contributed by atoms with Crippen LogP contribution in [0.1, 0.15) is 35.9 Å². The van der Waals surface area contributed by atoms with E-state index in [0.717, 1.165) is 30.8 Å². The minimum absolute atomic E-state index is 0.141. The molecule has 0 unspecified atom stereocenters. The van der Waals surface area contributed by atoms with Gasteiger partial charge in [-0.05, 0) is 29.7 Å². The normalized spacial score (nSPS) is 18.4. The molecule has 2 aromatic rings. The summed E-state index contributed by atoms with van der Waals surface area (Å²) in [7, 11) is 1.67. The van der Waals surface area contributed by atoms with Gasteiger partial charge >= 0.3 is 0 Å². The third kappa shape index (κ3) is 3.77. The summed E-state index contributed by atoms with van der Waals surface area (Å²) in [5, 5.41) is 0. The van der Waals surface area contributed by atoms with Crippen molar-refractivity contribution < 1.29 is 9.53 Å². The first-order chi connectivity index (χ1) is 11.7. The molecule has 2 aromatic carbocycles. The fraction of sp³-hybridized carbons (Fsp3) is 0.350. The quantitative estimate of drug-likeness (QED) is 0.919. The number of carbonyl (C=O) groups excluding carboxylic acids is 1. The lowest BCUT2D eigenvalue weighted by Gasteiger charge is -2.19. The van der Waals surface area contributed by atoms with Crippen LogP contribution in [0.4, 0.5) is 0 Å². The number of methoxy groups -OCH3 is 1. The molecule has 4 heteroatoms. The lowest BCUT2D eigenvalue weighted by atomic mass is 9.98. The molecule has 24 heavy (non-hydrogen) atoms. The summed E-state index contributed by atoms with van der Waals surface area (Å²) in [5.41, 5.74) is 8.45. The minimum Gasteiger partial charge on any atom is -0.497 e. The van der Waals surface area contributed by atoms with Gasteiger partial charge < -0.3 is 15.4 Å². The highest BCUT2D eigenvalue weighted by Gasteiger charge is 2.28. The maximum Gasteiger partial charge on any atom is 0.224 e. The van der Waals surface area contributed by atoms with Crippen LogP contribution in [-0.2, 0) is 4.79 Å². The monoisotopic (exact) mass is 324 g/mol. The zero-order valence-electron chi connectivity index (χ0n) is 14.0. The van der Waals surface area contributed by atoms with Crippen LogP contribution in [0.15, 0.2) is 54.6 Å². The molecule has 1 heterocycles. The van der Waals surface area contributed by atoms with Crippen molar-refractivity contribution in [1.82, 2.24) is 4.90 Å². The number of carbonyl (C=O) groups is 1. The number of hydrogen-bond donors (Lipinski definition) is 1. The van der Waals surface area contributed by atoms with Crippen LogP contribution in [0, 0.1) is 0 Å². The fourth-order valence-corrected chi connectivity index (χ4v) is 3.27. The minimum atomic E-state index is -0.237. The Morgan fingerprint density at radius 1 is 1.21 bits per heavy atom. The van der Waals surface area contributed by atoms with E-state index in [9.17, 15) is 4.79 Å². The largest absolute Gasteiger partial charge is 0.497 e. The number of nitrogens with zero attached hydrogens (tertiary/aromatic N) is 1. The first kappa shape index (κ1) is 16.5. The van der Waals surface area contributed by atoms with Crippen molar-refractivity contribution in [3.63, 3.8) is 0 Å². The Labute approximate surface area is 143 Å². The highest BCUT2D eigenvalue weighted by molar-refractivity contribution is 5.77. The smallest absolute Gasteiger partial charge is 0.224 e. The fourth-order valence-electron chi connectivity index (χ4n) is 3.27. The molecule has 1 aliphatic rings. The third-order valence-corrected chi connectivity index (χ3v) is 4.75. The van der Waals surface area contributed by atoms with Crippen LogP contribution in [0.3, 0.4) is 0 Å². The number of nitrogens with two attached hydrogens (primary N) is 1.